The average Bonchev–Trinajstić information content (AvgIpc) is 2.04. The Morgan fingerprint density at radius 2 is 2.17 bits per heavy atom. The summed E-state index contributed by atoms with van der Waals surface area (Å²) in [5.74, 6) is 0. The molecule has 0 aromatic carbocycles. The van der Waals surface area contributed by atoms with Gasteiger partial charge in [-0.15, -0.1) is 0 Å². The molecule has 0 radical (unpaired) electrons. The predicted octanol–water partition coefficient (Wildman–Crippen LogP) is 1.12. The second-order valence-corrected chi connectivity index (χ2v) is 2.13. The van der Waals surface area contributed by atoms with E-state index >= 15 is 0 Å². The smallest absolute Gasteiger partial charge is 0.278 e. The fraction of sp³-hybridized carbons (Fsp3) is 0.143. The molecule has 1 heterocycles. The molecule has 64 valence electrons. The van der Waals surface area contributed by atoms with Gasteiger partial charge in [-0.25, -0.2) is 8.78 Å². The second-order valence-electron chi connectivity index (χ2n) is 2.13. The first-order valence-electron chi connectivity index (χ1n) is 3.11. The van der Waals surface area contributed by atoms with Gasteiger partial charge in [-0.3, -0.25) is 9.59 Å². The molecule has 12 heavy (non-hydrogen) atoms. The van der Waals surface area contributed by atoms with Crippen molar-refractivity contribution in [1.82, 2.24) is 4.98 Å². The first-order chi connectivity index (χ1) is 5.65. The van der Waals surface area contributed by atoms with Crippen LogP contribution in [-0.2, 0) is 0 Å². The van der Waals surface area contributed by atoms with Crippen molar-refractivity contribution < 1.29 is 13.6 Å². The molecule has 0 amide bonds. The number of carbonyl (C=O) groups is 1. The van der Waals surface area contributed by atoms with E-state index in [0.717, 1.165) is 6.20 Å². The van der Waals surface area contributed by atoms with Gasteiger partial charge >= 0.3 is 0 Å². The summed E-state index contributed by atoms with van der Waals surface area (Å²) in [6.07, 6.45) is -1.44. The van der Waals surface area contributed by atoms with Crippen molar-refractivity contribution in [2.45, 2.75) is 6.43 Å². The standard InChI is InChI=1S/C7H5F2NO2/c8-7(9)5-1-6(12)4(3-11)2-10-5/h1-3,7H,(H,10,12). The minimum Gasteiger partial charge on any atom is -0.359 e. The molecule has 0 bridgehead atoms. The van der Waals surface area contributed by atoms with E-state index in [1.54, 1.807) is 0 Å². The predicted molar refractivity (Wildman–Crippen MR) is 37.4 cm³/mol. The number of pyridine rings is 1. The van der Waals surface area contributed by atoms with E-state index in [0.29, 0.717) is 12.4 Å². The normalized spacial score (nSPS) is 10.2. The Hall–Kier alpha value is -1.52. The first-order valence-corrected chi connectivity index (χ1v) is 3.11. The van der Waals surface area contributed by atoms with Crippen LogP contribution in [0, 0.1) is 0 Å². The van der Waals surface area contributed by atoms with Crippen LogP contribution in [0.25, 0.3) is 0 Å². The van der Waals surface area contributed by atoms with Gasteiger partial charge in [0, 0.05) is 12.3 Å². The number of aldehydes is 1. The summed E-state index contributed by atoms with van der Waals surface area (Å²) in [5, 5.41) is 0. The lowest BCUT2D eigenvalue weighted by molar-refractivity contribution is 0.112. The molecule has 0 atom stereocenters. The summed E-state index contributed by atoms with van der Waals surface area (Å²) in [5.41, 5.74) is -1.33. The Bertz CT molecular complexity index is 346. The number of aromatic amines is 1. The quantitative estimate of drug-likeness (QED) is 0.681. The fourth-order valence-corrected chi connectivity index (χ4v) is 0.717. The number of carbonyl (C=O) groups excluding carboxylic acids is 1. The van der Waals surface area contributed by atoms with Crippen molar-refractivity contribution in [1.29, 1.82) is 0 Å². The molecule has 0 aliphatic rings. The van der Waals surface area contributed by atoms with Gasteiger partial charge in [-0.2, -0.15) is 0 Å². The van der Waals surface area contributed by atoms with Gasteiger partial charge in [0.1, 0.15) is 0 Å². The summed E-state index contributed by atoms with van der Waals surface area (Å²) in [6.45, 7) is 0. The molecule has 5 heteroatoms. The maximum absolute atomic E-state index is 11.9. The summed E-state index contributed by atoms with van der Waals surface area (Å²) in [6, 6.07) is 0.717. The number of nitrogens with one attached hydrogen (secondary N) is 1. The van der Waals surface area contributed by atoms with E-state index in [2.05, 4.69) is 4.98 Å². The van der Waals surface area contributed by atoms with Gasteiger partial charge in [0.15, 0.2) is 11.7 Å². The van der Waals surface area contributed by atoms with E-state index in [1.807, 2.05) is 0 Å². The molecule has 0 saturated heterocycles. The van der Waals surface area contributed by atoms with Gasteiger partial charge < -0.3 is 4.98 Å². The Labute approximate surface area is 66.0 Å². The van der Waals surface area contributed by atoms with E-state index < -0.39 is 17.5 Å². The molecule has 0 aliphatic carbocycles. The molecular weight excluding hydrogens is 168 g/mol. The lowest BCUT2D eigenvalue weighted by atomic mass is 10.2. The molecule has 1 N–H and O–H groups in total. The third-order valence-electron chi connectivity index (χ3n) is 1.33. The van der Waals surface area contributed by atoms with Gasteiger partial charge in [-0.1, -0.05) is 0 Å². The van der Waals surface area contributed by atoms with Gasteiger partial charge in [0.2, 0.25) is 0 Å². The van der Waals surface area contributed by atoms with Crippen LogP contribution in [0.15, 0.2) is 17.1 Å². The van der Waals surface area contributed by atoms with Gasteiger partial charge in [-0.05, 0) is 0 Å². The molecule has 1 aromatic rings. The Morgan fingerprint density at radius 3 is 2.58 bits per heavy atom. The van der Waals surface area contributed by atoms with Crippen LogP contribution in [0.1, 0.15) is 22.5 Å². The lowest BCUT2D eigenvalue weighted by Gasteiger charge is -1.97. The van der Waals surface area contributed by atoms with Gasteiger partial charge in [0.05, 0.1) is 11.3 Å². The molecule has 3 nitrogen and oxygen atoms in total. The van der Waals surface area contributed by atoms with Crippen LogP contribution in [0.3, 0.4) is 0 Å². The molecule has 1 rings (SSSR count). The summed E-state index contributed by atoms with van der Waals surface area (Å²) in [4.78, 5) is 23.0. The van der Waals surface area contributed by atoms with Crippen molar-refractivity contribution >= 4 is 6.29 Å². The van der Waals surface area contributed by atoms with Crippen molar-refractivity contribution in [2.24, 2.45) is 0 Å². The van der Waals surface area contributed by atoms with Crippen LogP contribution in [-0.4, -0.2) is 11.3 Å². The molecule has 1 aromatic heterocycles. The zero-order valence-corrected chi connectivity index (χ0v) is 5.88. The molecule has 0 fully saturated rings. The summed E-state index contributed by atoms with van der Waals surface area (Å²) in [7, 11) is 0. The molecular formula is C7H5F2NO2. The lowest BCUT2D eigenvalue weighted by Crippen LogP contribution is -2.09. The minimum atomic E-state index is -2.72. The van der Waals surface area contributed by atoms with Crippen LogP contribution < -0.4 is 5.43 Å². The summed E-state index contributed by atoms with van der Waals surface area (Å²) < 4.78 is 23.8. The molecule has 0 spiro atoms. The number of rotatable bonds is 2. The number of hydrogen-bond donors (Lipinski definition) is 1. The molecule has 0 aliphatic heterocycles. The average molecular weight is 173 g/mol. The van der Waals surface area contributed by atoms with Crippen LogP contribution in [0.4, 0.5) is 8.78 Å². The Balaban J connectivity index is 3.19. The zero-order chi connectivity index (χ0) is 9.14. The number of alkyl halides is 2. The van der Waals surface area contributed by atoms with E-state index in [9.17, 15) is 18.4 Å². The highest BCUT2D eigenvalue weighted by molar-refractivity contribution is 5.73. The SMILES string of the molecule is O=Cc1c[nH]c(C(F)F)cc1=O. The number of aromatic nitrogens is 1. The fourth-order valence-electron chi connectivity index (χ4n) is 0.717. The van der Waals surface area contributed by atoms with Gasteiger partial charge in [0.25, 0.3) is 6.43 Å². The van der Waals surface area contributed by atoms with Crippen molar-refractivity contribution in [3.05, 3.63) is 33.7 Å². The largest absolute Gasteiger partial charge is 0.359 e. The maximum atomic E-state index is 11.9. The molecule has 0 unspecified atom stereocenters. The first kappa shape index (κ1) is 8.58. The highest BCUT2D eigenvalue weighted by Crippen LogP contribution is 2.13. The maximum Gasteiger partial charge on any atom is 0.278 e. The monoisotopic (exact) mass is 173 g/mol. The van der Waals surface area contributed by atoms with Crippen LogP contribution in [0.2, 0.25) is 0 Å². The Kier molecular flexibility index (Phi) is 2.32. The van der Waals surface area contributed by atoms with Crippen LogP contribution >= 0.6 is 0 Å². The number of H-pyrrole nitrogens is 1. The molecule has 0 saturated carbocycles. The van der Waals surface area contributed by atoms with Crippen molar-refractivity contribution in [2.75, 3.05) is 0 Å². The van der Waals surface area contributed by atoms with Crippen molar-refractivity contribution in [3.8, 4) is 0 Å². The van der Waals surface area contributed by atoms with Crippen LogP contribution in [0.5, 0.6) is 0 Å². The van der Waals surface area contributed by atoms with E-state index in [1.165, 1.54) is 0 Å². The van der Waals surface area contributed by atoms with Crippen molar-refractivity contribution in [3.63, 3.8) is 0 Å². The Morgan fingerprint density at radius 1 is 1.50 bits per heavy atom. The summed E-state index contributed by atoms with van der Waals surface area (Å²) >= 11 is 0. The van der Waals surface area contributed by atoms with E-state index in [-0.39, 0.29) is 5.56 Å². The second kappa shape index (κ2) is 3.25. The third kappa shape index (κ3) is 1.55. The number of halogens is 2. The topological polar surface area (TPSA) is 49.9 Å². The van der Waals surface area contributed by atoms with E-state index in [4.69, 9.17) is 0 Å². The highest BCUT2D eigenvalue weighted by atomic mass is 19.3. The minimum absolute atomic E-state index is 0.153. The zero-order valence-electron chi connectivity index (χ0n) is 5.88. The third-order valence-corrected chi connectivity index (χ3v) is 1.33. The number of hydrogen-bond acceptors (Lipinski definition) is 2. The highest BCUT2D eigenvalue weighted by Gasteiger charge is 2.08.